The predicted molar refractivity (Wildman–Crippen MR) is 236 cm³/mol. The summed E-state index contributed by atoms with van der Waals surface area (Å²) in [6.07, 6.45) is 4.30. The van der Waals surface area contributed by atoms with Crippen LogP contribution in [0.2, 0.25) is 0 Å². The molecule has 0 fully saturated rings. The molecular formula is C46H46F2N6O7S2. The number of pyridine rings is 2. The molecule has 8 rings (SSSR count). The van der Waals surface area contributed by atoms with Crippen molar-refractivity contribution >= 4 is 37.2 Å². The SMILES string of the molecule is C[C@H]1Oc2cc(cnc2N)-c2cc(S(C)(=O)=O)ccc2CN(C)C(=O)c2ccc(F)cc21.C[C@H]1Oc2cc(cnc2N)-c2cc(S(C)(=O)=O)ccc2CN(C)Cc2ccc(F)cc21. The van der Waals surface area contributed by atoms with Crippen LogP contribution in [0.25, 0.3) is 22.3 Å². The average Bonchev–Trinajstić information content (AvgIpc) is 3.22. The number of nitrogens with two attached hydrogens (primary N) is 2. The largest absolute Gasteiger partial charge is 0.482 e. The molecule has 4 aromatic carbocycles. The molecule has 13 nitrogen and oxygen atoms in total. The Morgan fingerprint density at radius 1 is 0.603 bits per heavy atom. The number of aromatic nitrogens is 2. The van der Waals surface area contributed by atoms with Gasteiger partial charge in [-0.2, -0.15) is 0 Å². The Bertz CT molecular complexity index is 3000. The van der Waals surface area contributed by atoms with Gasteiger partial charge < -0.3 is 25.8 Å². The Labute approximate surface area is 365 Å². The number of fused-ring (bicyclic) bond motifs is 10. The number of carbonyl (C=O) groups excluding carboxylic acids is 1. The summed E-state index contributed by atoms with van der Waals surface area (Å²) >= 11 is 0. The second kappa shape index (κ2) is 17.4. The first-order chi connectivity index (χ1) is 29.7. The van der Waals surface area contributed by atoms with Crippen LogP contribution in [0.1, 0.15) is 64.2 Å². The topological polar surface area (TPSA) is 188 Å². The van der Waals surface area contributed by atoms with Crippen LogP contribution in [0.3, 0.4) is 0 Å². The van der Waals surface area contributed by atoms with Crippen LogP contribution in [-0.4, -0.2) is 69.1 Å². The number of hydrogen-bond donors (Lipinski definition) is 2. The Morgan fingerprint density at radius 2 is 1.05 bits per heavy atom. The van der Waals surface area contributed by atoms with Gasteiger partial charge >= 0.3 is 0 Å². The molecule has 17 heteroatoms. The van der Waals surface area contributed by atoms with Crippen LogP contribution in [0.15, 0.2) is 107 Å². The molecule has 2 atom stereocenters. The summed E-state index contributed by atoms with van der Waals surface area (Å²) in [5.74, 6) is -0.179. The Balaban J connectivity index is 0.000000189. The fourth-order valence-electron chi connectivity index (χ4n) is 7.61. The van der Waals surface area contributed by atoms with Crippen LogP contribution in [0.4, 0.5) is 20.4 Å². The first kappa shape index (κ1) is 44.6. The molecule has 4 bridgehead atoms. The van der Waals surface area contributed by atoms with Gasteiger partial charge in [-0.25, -0.2) is 35.6 Å². The number of sulfone groups is 2. The number of nitrogens with zero attached hydrogens (tertiary/aromatic N) is 4. The first-order valence-electron chi connectivity index (χ1n) is 19.7. The second-order valence-electron chi connectivity index (χ2n) is 15.8. The van der Waals surface area contributed by atoms with E-state index in [9.17, 15) is 30.4 Å². The lowest BCUT2D eigenvalue weighted by Gasteiger charge is -2.25. The number of nitrogen functional groups attached to an aromatic ring is 2. The molecule has 1 amide bonds. The predicted octanol–water partition coefficient (Wildman–Crippen LogP) is 7.56. The summed E-state index contributed by atoms with van der Waals surface area (Å²) in [6.45, 7) is 4.86. The van der Waals surface area contributed by atoms with Gasteiger partial charge in [-0.05, 0) is 121 Å². The normalized spacial score (nSPS) is 16.6. The highest BCUT2D eigenvalue weighted by molar-refractivity contribution is 7.91. The lowest BCUT2D eigenvalue weighted by Crippen LogP contribution is -2.28. The quantitative estimate of drug-likeness (QED) is 0.174. The van der Waals surface area contributed by atoms with E-state index in [1.807, 2.05) is 20.0 Å². The van der Waals surface area contributed by atoms with Crippen molar-refractivity contribution < 1.29 is 39.9 Å². The summed E-state index contributed by atoms with van der Waals surface area (Å²) < 4.78 is 88.7. The van der Waals surface area contributed by atoms with E-state index in [0.29, 0.717) is 52.2 Å². The zero-order valence-electron chi connectivity index (χ0n) is 35.4. The highest BCUT2D eigenvalue weighted by atomic mass is 32.2. The third kappa shape index (κ3) is 9.80. The molecule has 0 saturated carbocycles. The van der Waals surface area contributed by atoms with Crippen LogP contribution in [-0.2, 0) is 39.3 Å². The monoisotopic (exact) mass is 896 g/mol. The summed E-state index contributed by atoms with van der Waals surface area (Å²) in [5, 5.41) is 0. The van der Waals surface area contributed by atoms with Crippen LogP contribution >= 0.6 is 0 Å². The maximum absolute atomic E-state index is 14.0. The number of benzene rings is 4. The Kier molecular flexibility index (Phi) is 12.3. The minimum Gasteiger partial charge on any atom is -0.482 e. The van der Waals surface area contributed by atoms with E-state index in [2.05, 4.69) is 14.9 Å². The van der Waals surface area contributed by atoms with Gasteiger partial charge in [0.2, 0.25) is 0 Å². The van der Waals surface area contributed by atoms with E-state index in [0.717, 1.165) is 28.5 Å². The molecule has 0 aliphatic carbocycles. The molecule has 0 saturated heterocycles. The molecule has 0 spiro atoms. The summed E-state index contributed by atoms with van der Waals surface area (Å²) in [6, 6.07) is 21.9. The van der Waals surface area contributed by atoms with E-state index in [4.69, 9.17) is 20.9 Å². The zero-order chi connectivity index (χ0) is 45.5. The van der Waals surface area contributed by atoms with Crippen molar-refractivity contribution in [3.05, 3.63) is 142 Å². The van der Waals surface area contributed by atoms with Crippen molar-refractivity contribution in [3.8, 4) is 33.8 Å². The molecule has 0 unspecified atom stereocenters. The van der Waals surface area contributed by atoms with Crippen molar-refractivity contribution in [1.29, 1.82) is 0 Å². The molecule has 4 heterocycles. The molecule has 63 heavy (non-hydrogen) atoms. The maximum atomic E-state index is 14.0. The van der Waals surface area contributed by atoms with E-state index >= 15 is 0 Å². The summed E-state index contributed by atoms with van der Waals surface area (Å²) in [4.78, 5) is 25.7. The molecule has 2 aliphatic heterocycles. The summed E-state index contributed by atoms with van der Waals surface area (Å²) in [5.41, 5.74) is 18.7. The second-order valence-corrected chi connectivity index (χ2v) is 19.9. The lowest BCUT2D eigenvalue weighted by atomic mass is 9.98. The first-order valence-corrected chi connectivity index (χ1v) is 23.5. The Hall–Kier alpha value is -6.43. The van der Waals surface area contributed by atoms with Gasteiger partial charge in [0.1, 0.15) is 23.8 Å². The molecule has 6 aromatic rings. The molecule has 4 N–H and O–H groups in total. The van der Waals surface area contributed by atoms with E-state index < -0.39 is 37.7 Å². The number of anilines is 2. The summed E-state index contributed by atoms with van der Waals surface area (Å²) in [7, 11) is -3.24. The smallest absolute Gasteiger partial charge is 0.254 e. The van der Waals surface area contributed by atoms with E-state index in [1.54, 1.807) is 62.6 Å². The van der Waals surface area contributed by atoms with Gasteiger partial charge in [-0.1, -0.05) is 18.2 Å². The van der Waals surface area contributed by atoms with Gasteiger partial charge in [-0.15, -0.1) is 0 Å². The van der Waals surface area contributed by atoms with E-state index in [-0.39, 0.29) is 45.4 Å². The van der Waals surface area contributed by atoms with Crippen molar-refractivity contribution in [2.24, 2.45) is 0 Å². The van der Waals surface area contributed by atoms with Gasteiger partial charge in [0.05, 0.1) is 9.79 Å². The maximum Gasteiger partial charge on any atom is 0.254 e. The van der Waals surface area contributed by atoms with Crippen LogP contribution < -0.4 is 20.9 Å². The van der Waals surface area contributed by atoms with Crippen molar-refractivity contribution in [3.63, 3.8) is 0 Å². The highest BCUT2D eigenvalue weighted by Crippen LogP contribution is 2.38. The highest BCUT2D eigenvalue weighted by Gasteiger charge is 2.26. The van der Waals surface area contributed by atoms with Crippen molar-refractivity contribution in [1.82, 2.24) is 19.8 Å². The van der Waals surface area contributed by atoms with Gasteiger partial charge in [0.15, 0.2) is 42.8 Å². The Morgan fingerprint density at radius 3 is 1.57 bits per heavy atom. The van der Waals surface area contributed by atoms with Crippen molar-refractivity contribution in [2.75, 3.05) is 38.1 Å². The van der Waals surface area contributed by atoms with Crippen molar-refractivity contribution in [2.45, 2.75) is 55.5 Å². The molecule has 0 radical (unpaired) electrons. The third-order valence-corrected chi connectivity index (χ3v) is 13.1. The molecular weight excluding hydrogens is 851 g/mol. The van der Waals surface area contributed by atoms with Gasteiger partial charge in [0.25, 0.3) is 5.91 Å². The zero-order valence-corrected chi connectivity index (χ0v) is 37.0. The van der Waals surface area contributed by atoms with Gasteiger partial charge in [0, 0.05) is 73.8 Å². The number of halogens is 2. The lowest BCUT2D eigenvalue weighted by molar-refractivity contribution is 0.0780. The fourth-order valence-corrected chi connectivity index (χ4v) is 8.90. The average molecular weight is 897 g/mol. The molecule has 328 valence electrons. The minimum absolute atomic E-state index is 0.125. The number of amides is 1. The van der Waals surface area contributed by atoms with Crippen LogP contribution in [0, 0.1) is 11.6 Å². The fraction of sp³-hybridized carbons (Fsp3) is 0.239. The minimum atomic E-state index is -3.46. The van der Waals surface area contributed by atoms with Gasteiger partial charge in [-0.3, -0.25) is 9.69 Å². The number of carbonyl (C=O) groups is 1. The number of hydrogen-bond acceptors (Lipinski definition) is 12. The van der Waals surface area contributed by atoms with Crippen LogP contribution in [0.5, 0.6) is 11.5 Å². The standard InChI is InChI=1S/C23H22FN3O4S.C23H24FN3O3S/c1-13-19-9-16(24)5-7-18(19)23(28)27(2)12-14-4-6-17(32(3,29)30)10-20(14)15-8-21(31-13)22(25)26-11-15;1-14-20-9-18(24)6-4-15(20)12-27(2)13-16-5-7-19(31(3,28)29)10-21(16)17-8-22(30-14)23(25)26-11-17/h4-11,13H,12H2,1-3H3,(H2,25,26);4-11,14H,12-13H2,1-3H3,(H2,25,26)/t13-;14-/m11/s1. The third-order valence-electron chi connectivity index (χ3n) is 10.9. The van der Waals surface area contributed by atoms with E-state index in [1.165, 1.54) is 53.8 Å². The molecule has 2 aliphatic rings. The number of ether oxygens (including phenoxy) is 2. The number of rotatable bonds is 2. The molecule has 2 aromatic heterocycles.